The first kappa shape index (κ1) is 14.6. The predicted molar refractivity (Wildman–Crippen MR) is 85.7 cm³/mol. The fourth-order valence-corrected chi connectivity index (χ4v) is 2.74. The lowest BCUT2D eigenvalue weighted by Gasteiger charge is -2.12. The quantitative estimate of drug-likeness (QED) is 0.724. The molecule has 0 aliphatic heterocycles. The van der Waals surface area contributed by atoms with Crippen LogP contribution in [0.15, 0.2) is 30.3 Å². The number of hydrogen-bond donors (Lipinski definition) is 0. The number of imidazole rings is 1. The van der Waals surface area contributed by atoms with E-state index in [9.17, 15) is 4.39 Å². The molecule has 22 heavy (non-hydrogen) atoms. The summed E-state index contributed by atoms with van der Waals surface area (Å²) in [5.74, 6) is 1.49. The van der Waals surface area contributed by atoms with Crippen molar-refractivity contribution in [2.45, 2.75) is 27.4 Å². The number of nitrogens with zero attached hydrogens (tertiary/aromatic N) is 2. The lowest BCUT2D eigenvalue weighted by Crippen LogP contribution is -2.02. The first-order valence-electron chi connectivity index (χ1n) is 7.28. The average molecular weight is 298 g/mol. The Hall–Kier alpha value is -2.36. The van der Waals surface area contributed by atoms with Gasteiger partial charge in [0, 0.05) is 7.05 Å². The zero-order valence-electron chi connectivity index (χ0n) is 13.3. The molecule has 1 aromatic heterocycles. The highest BCUT2D eigenvalue weighted by atomic mass is 19.1. The van der Waals surface area contributed by atoms with Gasteiger partial charge in [-0.1, -0.05) is 6.07 Å². The third kappa shape index (κ3) is 2.45. The number of ether oxygens (including phenoxy) is 1. The van der Waals surface area contributed by atoms with Crippen LogP contribution in [0.5, 0.6) is 5.75 Å². The second-order valence-corrected chi connectivity index (χ2v) is 5.65. The summed E-state index contributed by atoms with van der Waals surface area (Å²) in [6.07, 6.45) is 0. The van der Waals surface area contributed by atoms with Gasteiger partial charge in [-0.3, -0.25) is 0 Å². The number of aryl methyl sites for hydroxylation is 4. The van der Waals surface area contributed by atoms with E-state index in [1.54, 1.807) is 0 Å². The van der Waals surface area contributed by atoms with Gasteiger partial charge in [0.15, 0.2) is 0 Å². The summed E-state index contributed by atoms with van der Waals surface area (Å²) < 4.78 is 21.4. The highest BCUT2D eigenvalue weighted by molar-refractivity contribution is 5.82. The topological polar surface area (TPSA) is 27.1 Å². The highest BCUT2D eigenvalue weighted by Gasteiger charge is 2.11. The Bertz CT molecular complexity index is 829. The molecule has 3 rings (SSSR count). The lowest BCUT2D eigenvalue weighted by molar-refractivity contribution is 0.307. The largest absolute Gasteiger partial charge is 0.487 e. The van der Waals surface area contributed by atoms with Crippen molar-refractivity contribution in [2.75, 3.05) is 0 Å². The van der Waals surface area contributed by atoms with Crippen LogP contribution in [0.3, 0.4) is 0 Å². The molecule has 0 aliphatic carbocycles. The molecule has 0 bridgehead atoms. The minimum absolute atomic E-state index is 0.207. The van der Waals surface area contributed by atoms with Gasteiger partial charge in [-0.15, -0.1) is 0 Å². The van der Waals surface area contributed by atoms with Crippen LogP contribution < -0.4 is 4.74 Å². The van der Waals surface area contributed by atoms with Crippen molar-refractivity contribution in [1.29, 1.82) is 0 Å². The van der Waals surface area contributed by atoms with Crippen LogP contribution in [0.25, 0.3) is 11.0 Å². The van der Waals surface area contributed by atoms with Gasteiger partial charge in [0.2, 0.25) is 0 Å². The van der Waals surface area contributed by atoms with Crippen LogP contribution in [-0.4, -0.2) is 9.55 Å². The van der Waals surface area contributed by atoms with E-state index in [0.717, 1.165) is 39.3 Å². The molecule has 0 fully saturated rings. The summed E-state index contributed by atoms with van der Waals surface area (Å²) in [4.78, 5) is 4.56. The first-order valence-corrected chi connectivity index (χ1v) is 7.28. The van der Waals surface area contributed by atoms with Crippen molar-refractivity contribution in [3.63, 3.8) is 0 Å². The molecule has 3 nitrogen and oxygen atoms in total. The molecular formula is C18H19FN2O. The third-order valence-electron chi connectivity index (χ3n) is 4.13. The van der Waals surface area contributed by atoms with Crippen molar-refractivity contribution in [2.24, 2.45) is 7.05 Å². The Labute approximate surface area is 129 Å². The monoisotopic (exact) mass is 298 g/mol. The number of hydrogen-bond acceptors (Lipinski definition) is 2. The molecule has 0 atom stereocenters. The maximum atomic E-state index is 13.4. The standard InChI is InChI=1S/C18H19FN2O/c1-11-8-14(19)9-12(2)15(11)10-22-17-7-5-6-16-18(17)20-13(3)21(16)4/h5-9H,10H2,1-4H3. The van der Waals surface area contributed by atoms with Crippen LogP contribution in [-0.2, 0) is 13.7 Å². The van der Waals surface area contributed by atoms with Crippen LogP contribution in [0.1, 0.15) is 22.5 Å². The van der Waals surface area contributed by atoms with E-state index in [0.29, 0.717) is 6.61 Å². The van der Waals surface area contributed by atoms with Crippen LogP contribution in [0, 0.1) is 26.6 Å². The predicted octanol–water partition coefficient (Wildman–Crippen LogP) is 4.22. The number of para-hydroxylation sites is 1. The molecule has 0 saturated carbocycles. The normalized spacial score (nSPS) is 11.1. The van der Waals surface area contributed by atoms with Crippen LogP contribution in [0.4, 0.5) is 4.39 Å². The van der Waals surface area contributed by atoms with Crippen LogP contribution >= 0.6 is 0 Å². The summed E-state index contributed by atoms with van der Waals surface area (Å²) in [7, 11) is 1.99. The van der Waals surface area contributed by atoms with Gasteiger partial charge in [-0.2, -0.15) is 0 Å². The SMILES string of the molecule is Cc1cc(F)cc(C)c1COc1cccc2c1nc(C)n2C. The van der Waals surface area contributed by atoms with Gasteiger partial charge in [0.1, 0.15) is 29.5 Å². The Morgan fingerprint density at radius 2 is 1.82 bits per heavy atom. The molecule has 0 spiro atoms. The van der Waals surface area contributed by atoms with Gasteiger partial charge in [-0.05, 0) is 61.7 Å². The molecule has 114 valence electrons. The van der Waals surface area contributed by atoms with E-state index in [1.165, 1.54) is 12.1 Å². The van der Waals surface area contributed by atoms with Crippen molar-refractivity contribution >= 4 is 11.0 Å². The Kier molecular flexibility index (Phi) is 3.61. The number of fused-ring (bicyclic) bond motifs is 1. The van der Waals surface area contributed by atoms with Gasteiger partial charge in [-0.25, -0.2) is 9.37 Å². The minimum Gasteiger partial charge on any atom is -0.487 e. The minimum atomic E-state index is -0.207. The molecule has 1 heterocycles. The molecule has 3 aromatic rings. The molecule has 4 heteroatoms. The molecule has 0 saturated heterocycles. The second-order valence-electron chi connectivity index (χ2n) is 5.65. The van der Waals surface area contributed by atoms with Gasteiger partial charge < -0.3 is 9.30 Å². The van der Waals surface area contributed by atoms with Gasteiger partial charge in [0.25, 0.3) is 0 Å². The van der Waals surface area contributed by atoms with E-state index in [1.807, 2.05) is 50.6 Å². The molecular weight excluding hydrogens is 279 g/mol. The average Bonchev–Trinajstić information content (AvgIpc) is 2.74. The summed E-state index contributed by atoms with van der Waals surface area (Å²) in [5, 5.41) is 0. The van der Waals surface area contributed by atoms with E-state index >= 15 is 0 Å². The Morgan fingerprint density at radius 1 is 1.14 bits per heavy atom. The zero-order chi connectivity index (χ0) is 15.9. The van der Waals surface area contributed by atoms with Gasteiger partial charge in [0.05, 0.1) is 5.52 Å². The molecule has 0 unspecified atom stereocenters. The van der Waals surface area contributed by atoms with E-state index < -0.39 is 0 Å². The lowest BCUT2D eigenvalue weighted by atomic mass is 10.0. The molecule has 2 aromatic carbocycles. The molecule has 0 aliphatic rings. The van der Waals surface area contributed by atoms with E-state index in [2.05, 4.69) is 4.98 Å². The molecule has 0 radical (unpaired) electrons. The van der Waals surface area contributed by atoms with Crippen molar-refractivity contribution in [1.82, 2.24) is 9.55 Å². The zero-order valence-corrected chi connectivity index (χ0v) is 13.3. The van der Waals surface area contributed by atoms with E-state index in [-0.39, 0.29) is 5.82 Å². The molecule has 0 amide bonds. The van der Waals surface area contributed by atoms with E-state index in [4.69, 9.17) is 4.74 Å². The summed E-state index contributed by atoms with van der Waals surface area (Å²) >= 11 is 0. The van der Waals surface area contributed by atoms with Crippen molar-refractivity contribution in [3.8, 4) is 5.75 Å². The van der Waals surface area contributed by atoms with Gasteiger partial charge >= 0.3 is 0 Å². The summed E-state index contributed by atoms with van der Waals surface area (Å²) in [5.41, 5.74) is 4.73. The highest BCUT2D eigenvalue weighted by Crippen LogP contribution is 2.27. The second kappa shape index (κ2) is 5.44. The fourth-order valence-electron chi connectivity index (χ4n) is 2.74. The summed E-state index contributed by atoms with van der Waals surface area (Å²) in [6, 6.07) is 8.98. The van der Waals surface area contributed by atoms with Crippen LogP contribution in [0.2, 0.25) is 0 Å². The summed E-state index contributed by atoms with van der Waals surface area (Å²) in [6.45, 7) is 6.19. The smallest absolute Gasteiger partial charge is 0.147 e. The van der Waals surface area contributed by atoms with Crippen molar-refractivity contribution < 1.29 is 9.13 Å². The maximum Gasteiger partial charge on any atom is 0.147 e. The Balaban J connectivity index is 1.94. The number of benzene rings is 2. The number of rotatable bonds is 3. The maximum absolute atomic E-state index is 13.4. The third-order valence-corrected chi connectivity index (χ3v) is 4.13. The fraction of sp³-hybridized carbons (Fsp3) is 0.278. The number of halogens is 1. The first-order chi connectivity index (χ1) is 10.5. The molecule has 0 N–H and O–H groups in total. The Morgan fingerprint density at radius 3 is 2.50 bits per heavy atom. The number of aromatic nitrogens is 2. The van der Waals surface area contributed by atoms with Crippen molar-refractivity contribution in [3.05, 3.63) is 58.7 Å².